The molecular formula is C24H29Cl2FN2O2S. The van der Waals surface area contributed by atoms with Gasteiger partial charge >= 0.3 is 0 Å². The minimum atomic E-state index is -0.610. The van der Waals surface area contributed by atoms with Gasteiger partial charge in [-0.1, -0.05) is 55.2 Å². The fourth-order valence-corrected chi connectivity index (χ4v) is 4.59. The number of nitrogens with one attached hydrogen (secondary N) is 1. The Morgan fingerprint density at radius 1 is 1.09 bits per heavy atom. The van der Waals surface area contributed by atoms with Gasteiger partial charge in [-0.05, 0) is 55.2 Å². The lowest BCUT2D eigenvalue weighted by molar-refractivity contribution is -0.139. The van der Waals surface area contributed by atoms with Crippen LogP contribution in [-0.4, -0.2) is 34.6 Å². The summed E-state index contributed by atoms with van der Waals surface area (Å²) in [5.41, 5.74) is 1.65. The molecule has 0 fully saturated rings. The van der Waals surface area contributed by atoms with E-state index >= 15 is 0 Å². The van der Waals surface area contributed by atoms with Crippen LogP contribution in [0.4, 0.5) is 4.39 Å². The Labute approximate surface area is 203 Å². The lowest BCUT2D eigenvalue weighted by Gasteiger charge is -2.31. The zero-order valence-corrected chi connectivity index (χ0v) is 20.9. The highest BCUT2D eigenvalue weighted by Gasteiger charge is 2.29. The van der Waals surface area contributed by atoms with Gasteiger partial charge in [-0.3, -0.25) is 9.59 Å². The Hall–Kier alpha value is -1.76. The number of halogens is 3. The summed E-state index contributed by atoms with van der Waals surface area (Å²) in [6.45, 7) is 6.04. The van der Waals surface area contributed by atoms with Crippen molar-refractivity contribution in [3.63, 3.8) is 0 Å². The predicted molar refractivity (Wildman–Crippen MR) is 132 cm³/mol. The minimum absolute atomic E-state index is 0.0146. The molecule has 0 aliphatic carbocycles. The first-order chi connectivity index (χ1) is 15.2. The summed E-state index contributed by atoms with van der Waals surface area (Å²) in [6, 6.07) is 10.7. The van der Waals surface area contributed by atoms with Crippen LogP contribution >= 0.6 is 35.0 Å². The topological polar surface area (TPSA) is 49.4 Å². The second-order valence-corrected chi connectivity index (χ2v) is 9.45. The first-order valence-corrected chi connectivity index (χ1v) is 12.5. The number of hydrogen-bond acceptors (Lipinski definition) is 3. The number of amides is 2. The van der Waals surface area contributed by atoms with Gasteiger partial charge in [0.15, 0.2) is 0 Å². The van der Waals surface area contributed by atoms with Crippen molar-refractivity contribution < 1.29 is 14.0 Å². The molecule has 0 saturated carbocycles. The molecule has 2 aromatic carbocycles. The second-order valence-electron chi connectivity index (χ2n) is 7.62. The summed E-state index contributed by atoms with van der Waals surface area (Å²) >= 11 is 13.6. The molecule has 2 atom stereocenters. The van der Waals surface area contributed by atoms with Crippen LogP contribution in [-0.2, 0) is 21.9 Å². The quantitative estimate of drug-likeness (QED) is 0.407. The van der Waals surface area contributed by atoms with Crippen LogP contribution in [0, 0.1) is 5.82 Å². The average Bonchev–Trinajstić information content (AvgIpc) is 2.76. The second kappa shape index (κ2) is 13.1. The number of carbonyl (C=O) groups is 2. The van der Waals surface area contributed by atoms with E-state index in [2.05, 4.69) is 5.32 Å². The molecule has 0 aliphatic heterocycles. The summed E-state index contributed by atoms with van der Waals surface area (Å²) in [5.74, 6) is 0.0529. The standard InChI is InChI=1S/C24H29Cl2FN2O2S/c1-4-16(3)28-24(31)22(5-2)29(13-17-6-10-20(27)11-7-17)23(30)15-32-14-18-8-9-19(25)12-21(18)26/h6-12,16,22H,4-5,13-15H2,1-3H3,(H,28,31)/t16-,22+/m0/s1. The van der Waals surface area contributed by atoms with Crippen molar-refractivity contribution in [2.75, 3.05) is 5.75 Å². The Morgan fingerprint density at radius 2 is 1.78 bits per heavy atom. The highest BCUT2D eigenvalue weighted by molar-refractivity contribution is 7.99. The fourth-order valence-electron chi connectivity index (χ4n) is 3.12. The molecule has 0 spiro atoms. The average molecular weight is 499 g/mol. The van der Waals surface area contributed by atoms with Gasteiger partial charge < -0.3 is 10.2 Å². The smallest absolute Gasteiger partial charge is 0.243 e. The fraction of sp³-hybridized carbons (Fsp3) is 0.417. The van der Waals surface area contributed by atoms with Crippen LogP contribution in [0.2, 0.25) is 10.0 Å². The Morgan fingerprint density at radius 3 is 2.38 bits per heavy atom. The molecular weight excluding hydrogens is 470 g/mol. The van der Waals surface area contributed by atoms with Gasteiger partial charge in [0, 0.05) is 28.4 Å². The predicted octanol–water partition coefficient (Wildman–Crippen LogP) is 6.09. The van der Waals surface area contributed by atoms with Crippen molar-refractivity contribution in [2.45, 2.75) is 58.0 Å². The number of thioether (sulfide) groups is 1. The Bertz CT molecular complexity index is 911. The summed E-state index contributed by atoms with van der Waals surface area (Å²) in [6.07, 6.45) is 1.27. The van der Waals surface area contributed by atoms with E-state index in [-0.39, 0.29) is 36.0 Å². The zero-order valence-electron chi connectivity index (χ0n) is 18.5. The lowest BCUT2D eigenvalue weighted by atomic mass is 10.1. The third-order valence-electron chi connectivity index (χ3n) is 5.15. The Balaban J connectivity index is 2.14. The van der Waals surface area contributed by atoms with Gasteiger partial charge in [0.05, 0.1) is 5.75 Å². The molecule has 1 N–H and O–H groups in total. The molecule has 4 nitrogen and oxygen atoms in total. The molecule has 0 radical (unpaired) electrons. The van der Waals surface area contributed by atoms with Crippen LogP contribution < -0.4 is 5.32 Å². The van der Waals surface area contributed by atoms with E-state index in [1.165, 1.54) is 23.9 Å². The summed E-state index contributed by atoms with van der Waals surface area (Å²) in [7, 11) is 0. The normalized spacial score (nSPS) is 12.8. The first-order valence-electron chi connectivity index (χ1n) is 10.6. The lowest BCUT2D eigenvalue weighted by Crippen LogP contribution is -2.51. The number of rotatable bonds is 11. The first kappa shape index (κ1) is 26.5. The van der Waals surface area contributed by atoms with Crippen molar-refractivity contribution in [3.8, 4) is 0 Å². The molecule has 0 unspecified atom stereocenters. The number of hydrogen-bond donors (Lipinski definition) is 1. The maximum Gasteiger partial charge on any atom is 0.243 e. The minimum Gasteiger partial charge on any atom is -0.352 e. The molecule has 0 saturated heterocycles. The van der Waals surface area contributed by atoms with Gasteiger partial charge in [-0.2, -0.15) is 0 Å². The van der Waals surface area contributed by atoms with Crippen molar-refractivity contribution in [1.82, 2.24) is 10.2 Å². The van der Waals surface area contributed by atoms with E-state index in [9.17, 15) is 14.0 Å². The summed E-state index contributed by atoms with van der Waals surface area (Å²) in [4.78, 5) is 27.7. The van der Waals surface area contributed by atoms with Crippen molar-refractivity contribution >= 4 is 46.8 Å². The van der Waals surface area contributed by atoms with Gasteiger partial charge in [0.2, 0.25) is 11.8 Å². The molecule has 8 heteroatoms. The van der Waals surface area contributed by atoms with Crippen molar-refractivity contribution in [1.29, 1.82) is 0 Å². The molecule has 2 amide bonds. The van der Waals surface area contributed by atoms with Crippen LogP contribution in [0.25, 0.3) is 0 Å². The molecule has 174 valence electrons. The molecule has 0 aliphatic rings. The van der Waals surface area contributed by atoms with E-state index in [1.54, 1.807) is 29.2 Å². The molecule has 0 heterocycles. The largest absolute Gasteiger partial charge is 0.352 e. The molecule has 2 aromatic rings. The van der Waals surface area contributed by atoms with Gasteiger partial charge in [-0.25, -0.2) is 4.39 Å². The molecule has 0 aromatic heterocycles. The Kier molecular flexibility index (Phi) is 10.8. The number of nitrogens with zero attached hydrogens (tertiary/aromatic N) is 1. The van der Waals surface area contributed by atoms with E-state index in [0.29, 0.717) is 22.2 Å². The van der Waals surface area contributed by atoms with E-state index in [0.717, 1.165) is 17.5 Å². The molecule has 32 heavy (non-hydrogen) atoms. The number of carbonyl (C=O) groups excluding carboxylic acids is 2. The third-order valence-corrected chi connectivity index (χ3v) is 6.70. The van der Waals surface area contributed by atoms with Crippen LogP contribution in [0.15, 0.2) is 42.5 Å². The third kappa shape index (κ3) is 7.98. The van der Waals surface area contributed by atoms with Crippen molar-refractivity contribution in [3.05, 3.63) is 69.5 Å². The maximum absolute atomic E-state index is 13.3. The van der Waals surface area contributed by atoms with Crippen molar-refractivity contribution in [2.24, 2.45) is 0 Å². The zero-order chi connectivity index (χ0) is 23.7. The van der Waals surface area contributed by atoms with E-state index in [1.807, 2.05) is 26.8 Å². The van der Waals surface area contributed by atoms with Crippen LogP contribution in [0.1, 0.15) is 44.7 Å². The molecule has 0 bridgehead atoms. The summed E-state index contributed by atoms with van der Waals surface area (Å²) in [5, 5.41) is 4.09. The monoisotopic (exact) mass is 498 g/mol. The molecule has 2 rings (SSSR count). The van der Waals surface area contributed by atoms with E-state index < -0.39 is 6.04 Å². The highest BCUT2D eigenvalue weighted by Crippen LogP contribution is 2.25. The number of benzene rings is 2. The van der Waals surface area contributed by atoms with Gasteiger partial charge in [0.25, 0.3) is 0 Å². The van der Waals surface area contributed by atoms with E-state index in [4.69, 9.17) is 23.2 Å². The summed E-state index contributed by atoms with van der Waals surface area (Å²) < 4.78 is 13.3. The van der Waals surface area contributed by atoms with Gasteiger partial charge in [-0.15, -0.1) is 11.8 Å². The maximum atomic E-state index is 13.3. The highest BCUT2D eigenvalue weighted by atomic mass is 35.5. The van der Waals surface area contributed by atoms with Crippen LogP contribution in [0.5, 0.6) is 0 Å². The SMILES string of the molecule is CC[C@H](C(=O)N[C@@H](C)CC)N(Cc1ccc(F)cc1)C(=O)CSCc1ccc(Cl)cc1Cl. The van der Waals surface area contributed by atoms with Crippen LogP contribution in [0.3, 0.4) is 0 Å². The van der Waals surface area contributed by atoms with Gasteiger partial charge in [0.1, 0.15) is 11.9 Å².